The summed E-state index contributed by atoms with van der Waals surface area (Å²) in [5.41, 5.74) is 1.69. The Labute approximate surface area is 170 Å². The molecule has 0 saturated heterocycles. The topological polar surface area (TPSA) is 85.1 Å². The average Bonchev–Trinajstić information content (AvgIpc) is 3.39. The fourth-order valence-electron chi connectivity index (χ4n) is 4.18. The van der Waals surface area contributed by atoms with Gasteiger partial charge in [-0.1, -0.05) is 30.3 Å². The number of Topliss-reactive ketones (excluding diaryl/α,β-unsaturated/α-hetero) is 1. The summed E-state index contributed by atoms with van der Waals surface area (Å²) in [5.74, 6) is -2.65. The number of benzene rings is 2. The van der Waals surface area contributed by atoms with Crippen LogP contribution in [0.25, 0.3) is 0 Å². The Bertz CT molecular complexity index is 1150. The third kappa shape index (κ3) is 3.38. The first kappa shape index (κ1) is 18.6. The van der Waals surface area contributed by atoms with Gasteiger partial charge in [0.1, 0.15) is 11.6 Å². The van der Waals surface area contributed by atoms with Gasteiger partial charge in [0.2, 0.25) is 5.89 Å². The van der Waals surface area contributed by atoms with Gasteiger partial charge in [-0.2, -0.15) is 0 Å². The highest BCUT2D eigenvalue weighted by atomic mass is 19.1. The molecule has 0 radical (unpaired) electrons. The summed E-state index contributed by atoms with van der Waals surface area (Å²) in [5, 5.41) is 10.3. The molecular weight excluding hydrogens is 392 g/mol. The number of fused-ring (bicyclic) bond motifs is 3. The summed E-state index contributed by atoms with van der Waals surface area (Å²) in [4.78, 5) is 25.3. The smallest absolute Gasteiger partial charge is 0.309 e. The molecule has 2 aliphatic carbocycles. The van der Waals surface area contributed by atoms with Crippen LogP contribution in [0.5, 0.6) is 0 Å². The number of ketones is 1. The lowest BCUT2D eigenvalue weighted by Crippen LogP contribution is -2.43. The molecule has 30 heavy (non-hydrogen) atoms. The van der Waals surface area contributed by atoms with E-state index < -0.39 is 23.6 Å². The highest BCUT2D eigenvalue weighted by Gasteiger charge is 2.51. The van der Waals surface area contributed by atoms with Crippen LogP contribution in [0.15, 0.2) is 46.9 Å². The van der Waals surface area contributed by atoms with E-state index in [1.807, 2.05) is 30.3 Å². The Hall–Kier alpha value is -3.42. The number of rotatable bonds is 4. The zero-order valence-electron chi connectivity index (χ0n) is 15.8. The van der Waals surface area contributed by atoms with Crippen molar-refractivity contribution in [3.63, 3.8) is 0 Å². The van der Waals surface area contributed by atoms with Crippen LogP contribution in [0.3, 0.4) is 0 Å². The molecule has 5 rings (SSSR count). The van der Waals surface area contributed by atoms with Crippen molar-refractivity contribution >= 4 is 11.7 Å². The molecule has 0 bridgehead atoms. The Kier molecular flexibility index (Phi) is 4.42. The summed E-state index contributed by atoms with van der Waals surface area (Å²) in [6, 6.07) is 10.7. The van der Waals surface area contributed by atoms with E-state index in [1.165, 1.54) is 6.07 Å². The molecule has 1 amide bonds. The zero-order valence-corrected chi connectivity index (χ0v) is 15.8. The van der Waals surface area contributed by atoms with E-state index in [0.717, 1.165) is 11.6 Å². The molecular formula is C22H17F2N3O3. The molecule has 3 atom stereocenters. The number of nitrogens with zero attached hydrogens (tertiary/aromatic N) is 2. The molecule has 3 aromatic rings. The van der Waals surface area contributed by atoms with Crippen molar-refractivity contribution in [2.45, 2.75) is 31.2 Å². The lowest BCUT2D eigenvalue weighted by atomic mass is 9.99. The Morgan fingerprint density at radius 2 is 1.97 bits per heavy atom. The van der Waals surface area contributed by atoms with Crippen molar-refractivity contribution < 1.29 is 22.8 Å². The third-order valence-electron chi connectivity index (χ3n) is 5.71. The van der Waals surface area contributed by atoms with Crippen LogP contribution in [-0.2, 0) is 17.6 Å². The Balaban J connectivity index is 1.32. The first-order valence-corrected chi connectivity index (χ1v) is 9.67. The Morgan fingerprint density at radius 3 is 2.77 bits per heavy atom. The van der Waals surface area contributed by atoms with Crippen LogP contribution in [0, 0.1) is 17.6 Å². The van der Waals surface area contributed by atoms with Gasteiger partial charge in [0.15, 0.2) is 5.78 Å². The summed E-state index contributed by atoms with van der Waals surface area (Å²) >= 11 is 0. The van der Waals surface area contributed by atoms with Gasteiger partial charge < -0.3 is 9.73 Å². The van der Waals surface area contributed by atoms with Crippen molar-refractivity contribution in [3.05, 3.63) is 82.6 Å². The second kappa shape index (κ2) is 7.12. The van der Waals surface area contributed by atoms with Gasteiger partial charge in [-0.15, -0.1) is 10.2 Å². The van der Waals surface area contributed by atoms with E-state index in [1.54, 1.807) is 0 Å². The molecule has 2 aromatic carbocycles. The van der Waals surface area contributed by atoms with E-state index in [-0.39, 0.29) is 41.4 Å². The van der Waals surface area contributed by atoms with Gasteiger partial charge in [-0.25, -0.2) is 8.78 Å². The maximum Gasteiger partial charge on any atom is 0.309 e. The molecule has 0 spiro atoms. The fourth-order valence-corrected chi connectivity index (χ4v) is 4.18. The molecule has 152 valence electrons. The van der Waals surface area contributed by atoms with E-state index >= 15 is 0 Å². The number of aromatic nitrogens is 2. The van der Waals surface area contributed by atoms with Crippen LogP contribution in [0.1, 0.15) is 45.6 Å². The van der Waals surface area contributed by atoms with E-state index in [2.05, 4.69) is 15.5 Å². The van der Waals surface area contributed by atoms with Crippen molar-refractivity contribution in [3.8, 4) is 0 Å². The Morgan fingerprint density at radius 1 is 1.17 bits per heavy atom. The molecule has 2 aliphatic rings. The molecule has 0 unspecified atom stereocenters. The molecule has 1 aromatic heterocycles. The number of halogens is 2. The van der Waals surface area contributed by atoms with Crippen LogP contribution in [0.2, 0.25) is 0 Å². The molecule has 0 aliphatic heterocycles. The summed E-state index contributed by atoms with van der Waals surface area (Å²) in [7, 11) is 0. The van der Waals surface area contributed by atoms with Gasteiger partial charge in [0.05, 0.1) is 12.5 Å². The lowest BCUT2D eigenvalue weighted by molar-refractivity contribution is -0.120. The van der Waals surface area contributed by atoms with Crippen LogP contribution >= 0.6 is 0 Å². The second-order valence-electron chi connectivity index (χ2n) is 7.72. The molecule has 6 nitrogen and oxygen atoms in total. The minimum atomic E-state index is -0.804. The van der Waals surface area contributed by atoms with Crippen molar-refractivity contribution in [2.75, 3.05) is 0 Å². The van der Waals surface area contributed by atoms with Gasteiger partial charge in [0.25, 0.3) is 0 Å². The normalized spacial score (nSPS) is 22.1. The molecule has 8 heteroatoms. The van der Waals surface area contributed by atoms with Crippen LogP contribution in [0.4, 0.5) is 8.78 Å². The van der Waals surface area contributed by atoms with Gasteiger partial charge in [-0.3, -0.25) is 9.59 Å². The molecule has 1 saturated carbocycles. The lowest BCUT2D eigenvalue weighted by Gasteiger charge is -2.14. The minimum absolute atomic E-state index is 0.154. The number of amides is 1. The maximum atomic E-state index is 14.2. The standard InChI is InChI=1S/C22H17F2N3O3/c23-12-7-13-14-9-16(14)20(18(28)10-15(13)17(24)8-12)25-21(29)22-27-26-19(30-22)6-11-4-2-1-3-5-11/h1-5,7-8,14,16,20H,6,9-10H2,(H,25,29)/t14-,16-,20-/m1/s1. The first-order chi connectivity index (χ1) is 14.5. The van der Waals surface area contributed by atoms with E-state index in [4.69, 9.17) is 4.42 Å². The SMILES string of the molecule is O=C(N[C@H]1C(=O)Cc2c(F)cc(F)cc2[C@H]2C[C@H]21)c1nnc(Cc2ccccc2)o1. The monoisotopic (exact) mass is 409 g/mol. The van der Waals surface area contributed by atoms with Crippen molar-refractivity contribution in [2.24, 2.45) is 5.92 Å². The number of hydrogen-bond donors (Lipinski definition) is 1. The molecule has 1 N–H and O–H groups in total. The first-order valence-electron chi connectivity index (χ1n) is 9.67. The van der Waals surface area contributed by atoms with Gasteiger partial charge in [0, 0.05) is 12.5 Å². The molecule has 1 fully saturated rings. The summed E-state index contributed by atoms with van der Waals surface area (Å²) in [6.07, 6.45) is 0.770. The average molecular weight is 409 g/mol. The predicted octanol–water partition coefficient (Wildman–Crippen LogP) is 2.97. The summed E-state index contributed by atoms with van der Waals surface area (Å²) in [6.45, 7) is 0. The molecule has 1 heterocycles. The van der Waals surface area contributed by atoms with Gasteiger partial charge in [-0.05, 0) is 41.0 Å². The maximum absolute atomic E-state index is 14.2. The quantitative estimate of drug-likeness (QED) is 0.716. The van der Waals surface area contributed by atoms with E-state index in [0.29, 0.717) is 18.4 Å². The predicted molar refractivity (Wildman–Crippen MR) is 101 cm³/mol. The van der Waals surface area contributed by atoms with Crippen molar-refractivity contribution in [1.82, 2.24) is 15.5 Å². The van der Waals surface area contributed by atoms with Crippen molar-refractivity contribution in [1.29, 1.82) is 0 Å². The third-order valence-corrected chi connectivity index (χ3v) is 5.71. The van der Waals surface area contributed by atoms with E-state index in [9.17, 15) is 18.4 Å². The highest BCUT2D eigenvalue weighted by molar-refractivity contribution is 5.96. The van der Waals surface area contributed by atoms with Gasteiger partial charge >= 0.3 is 11.8 Å². The van der Waals surface area contributed by atoms with Crippen LogP contribution in [-0.4, -0.2) is 27.9 Å². The summed E-state index contributed by atoms with van der Waals surface area (Å²) < 4.78 is 33.3. The minimum Gasteiger partial charge on any atom is -0.417 e. The second-order valence-corrected chi connectivity index (χ2v) is 7.72. The highest BCUT2D eigenvalue weighted by Crippen LogP contribution is 2.53. The fraction of sp³-hybridized carbons (Fsp3) is 0.273. The number of carbonyl (C=O) groups is 2. The zero-order chi connectivity index (χ0) is 20.8. The number of nitrogens with one attached hydrogen (secondary N) is 1. The largest absolute Gasteiger partial charge is 0.417 e. The van der Waals surface area contributed by atoms with Crippen LogP contribution < -0.4 is 5.32 Å². The number of carbonyl (C=O) groups excluding carboxylic acids is 2. The number of hydrogen-bond acceptors (Lipinski definition) is 5.